The topological polar surface area (TPSA) is 78.1 Å². The van der Waals surface area contributed by atoms with Crippen LogP contribution in [0, 0.1) is 11.8 Å². The van der Waals surface area contributed by atoms with E-state index in [0.717, 1.165) is 22.4 Å². The highest BCUT2D eigenvalue weighted by atomic mass is 16.2. The van der Waals surface area contributed by atoms with Gasteiger partial charge < -0.3 is 15.2 Å². The van der Waals surface area contributed by atoms with Gasteiger partial charge in [-0.2, -0.15) is 0 Å². The van der Waals surface area contributed by atoms with E-state index in [0.29, 0.717) is 25.4 Å². The molecule has 6 heteroatoms. The van der Waals surface area contributed by atoms with Crippen molar-refractivity contribution in [3.8, 4) is 0 Å². The second kappa shape index (κ2) is 8.69. The normalized spacial score (nSPS) is 17.6. The fraction of sp³-hybridized carbons (Fsp3) is 0.375. The Bertz CT molecular complexity index is 995. The van der Waals surface area contributed by atoms with Crippen molar-refractivity contribution in [3.05, 3.63) is 66.0 Å². The molecule has 1 saturated heterocycles. The first-order valence-electron chi connectivity index (χ1n) is 10.6. The monoisotopic (exact) mass is 404 g/mol. The van der Waals surface area contributed by atoms with E-state index in [1.807, 2.05) is 59.5 Å². The highest BCUT2D eigenvalue weighted by Gasteiger charge is 2.35. The van der Waals surface area contributed by atoms with Crippen molar-refractivity contribution >= 4 is 22.8 Å². The Morgan fingerprint density at radius 1 is 1.17 bits per heavy atom. The molecule has 1 aliphatic rings. The number of carbonyl (C=O) groups is 2. The molecule has 0 radical (unpaired) electrons. The maximum Gasteiger partial charge on any atom is 0.226 e. The van der Waals surface area contributed by atoms with Gasteiger partial charge in [0.25, 0.3) is 0 Å². The highest BCUT2D eigenvalue weighted by Crippen LogP contribution is 2.23. The lowest BCUT2D eigenvalue weighted by Crippen LogP contribution is -2.37. The third-order valence-corrected chi connectivity index (χ3v) is 5.51. The predicted molar refractivity (Wildman–Crippen MR) is 117 cm³/mol. The second-order valence-corrected chi connectivity index (χ2v) is 8.48. The smallest absolute Gasteiger partial charge is 0.226 e. The van der Waals surface area contributed by atoms with Crippen molar-refractivity contribution in [1.82, 2.24) is 20.2 Å². The Balaban J connectivity index is 1.54. The lowest BCUT2D eigenvalue weighted by molar-refractivity contribution is -0.129. The molecule has 156 valence electrons. The average molecular weight is 405 g/mol. The molecule has 6 nitrogen and oxygen atoms in total. The number of imidazole rings is 1. The van der Waals surface area contributed by atoms with E-state index in [9.17, 15) is 9.59 Å². The van der Waals surface area contributed by atoms with Crippen LogP contribution in [0.1, 0.15) is 37.7 Å². The summed E-state index contributed by atoms with van der Waals surface area (Å²) < 4.78 is 0. The molecule has 2 heterocycles. The van der Waals surface area contributed by atoms with Gasteiger partial charge in [-0.1, -0.05) is 56.3 Å². The van der Waals surface area contributed by atoms with Crippen LogP contribution < -0.4 is 5.32 Å². The molecule has 30 heavy (non-hydrogen) atoms. The minimum Gasteiger partial charge on any atom is -0.346 e. The van der Waals surface area contributed by atoms with Crippen molar-refractivity contribution in [2.45, 2.75) is 32.7 Å². The molecule has 1 fully saturated rings. The Morgan fingerprint density at radius 2 is 1.90 bits per heavy atom. The number of nitrogens with zero attached hydrogens (tertiary/aromatic N) is 2. The molecule has 2 N–H and O–H groups in total. The maximum absolute atomic E-state index is 13.1. The number of benzene rings is 2. The van der Waals surface area contributed by atoms with Gasteiger partial charge in [0.2, 0.25) is 11.8 Å². The summed E-state index contributed by atoms with van der Waals surface area (Å²) >= 11 is 0. The van der Waals surface area contributed by atoms with Crippen molar-refractivity contribution in [1.29, 1.82) is 0 Å². The van der Waals surface area contributed by atoms with Gasteiger partial charge in [-0.25, -0.2) is 4.98 Å². The number of nitrogens with one attached hydrogen (secondary N) is 2. The Labute approximate surface area is 176 Å². The number of para-hydroxylation sites is 2. The first kappa shape index (κ1) is 20.1. The summed E-state index contributed by atoms with van der Waals surface area (Å²) in [5.74, 6) is 0.774. The van der Waals surface area contributed by atoms with Gasteiger partial charge in [-0.3, -0.25) is 9.59 Å². The lowest BCUT2D eigenvalue weighted by atomic mass is 10.0. The number of likely N-dealkylation sites (tertiary alicyclic amines) is 1. The first-order chi connectivity index (χ1) is 14.5. The van der Waals surface area contributed by atoms with Crippen LogP contribution in [0.25, 0.3) is 11.0 Å². The van der Waals surface area contributed by atoms with Crippen LogP contribution in [-0.4, -0.2) is 39.8 Å². The average Bonchev–Trinajstić information content (AvgIpc) is 3.31. The summed E-state index contributed by atoms with van der Waals surface area (Å²) in [7, 11) is 0. The van der Waals surface area contributed by atoms with E-state index in [1.165, 1.54) is 0 Å². The first-order valence-corrected chi connectivity index (χ1v) is 10.6. The zero-order chi connectivity index (χ0) is 21.1. The van der Waals surface area contributed by atoms with Crippen LogP contribution in [-0.2, 0) is 16.0 Å². The molecule has 0 saturated carbocycles. The van der Waals surface area contributed by atoms with Crippen LogP contribution in [0.3, 0.4) is 0 Å². The van der Waals surface area contributed by atoms with Gasteiger partial charge >= 0.3 is 0 Å². The molecule has 0 unspecified atom stereocenters. The fourth-order valence-electron chi connectivity index (χ4n) is 4.06. The Hall–Kier alpha value is -3.15. The van der Waals surface area contributed by atoms with Gasteiger partial charge in [0, 0.05) is 19.5 Å². The van der Waals surface area contributed by atoms with E-state index in [-0.39, 0.29) is 30.2 Å². The summed E-state index contributed by atoms with van der Waals surface area (Å²) in [5, 5.41) is 3.17. The lowest BCUT2D eigenvalue weighted by Gasteiger charge is -2.21. The number of H-pyrrole nitrogens is 1. The largest absolute Gasteiger partial charge is 0.346 e. The number of hydrogen-bond donors (Lipinski definition) is 2. The predicted octanol–water partition coefficient (Wildman–Crippen LogP) is 3.47. The quantitative estimate of drug-likeness (QED) is 0.633. The van der Waals surface area contributed by atoms with E-state index >= 15 is 0 Å². The van der Waals surface area contributed by atoms with Crippen molar-refractivity contribution in [3.63, 3.8) is 0 Å². The molecule has 0 aliphatic carbocycles. The molecule has 2 atom stereocenters. The van der Waals surface area contributed by atoms with Crippen LogP contribution in [0.15, 0.2) is 54.6 Å². The van der Waals surface area contributed by atoms with E-state index < -0.39 is 0 Å². The minimum absolute atomic E-state index is 0.0622. The van der Waals surface area contributed by atoms with Gasteiger partial charge in [0.15, 0.2) is 0 Å². The van der Waals surface area contributed by atoms with E-state index in [4.69, 9.17) is 4.98 Å². The number of hydrogen-bond acceptors (Lipinski definition) is 3. The van der Waals surface area contributed by atoms with E-state index in [1.54, 1.807) is 0 Å². The zero-order valence-corrected chi connectivity index (χ0v) is 17.5. The summed E-state index contributed by atoms with van der Waals surface area (Å²) in [6.45, 7) is 5.34. The van der Waals surface area contributed by atoms with Crippen LogP contribution in [0.2, 0.25) is 0 Å². The number of carbonyl (C=O) groups excluding carboxylic acids is 2. The summed E-state index contributed by atoms with van der Waals surface area (Å²) in [6, 6.07) is 17.6. The molecule has 2 amide bonds. The number of fused-ring (bicyclic) bond motifs is 1. The number of amides is 2. The number of aromatic amines is 1. The summed E-state index contributed by atoms with van der Waals surface area (Å²) in [5.41, 5.74) is 2.94. The molecule has 3 aromatic rings. The summed E-state index contributed by atoms with van der Waals surface area (Å²) in [4.78, 5) is 35.3. The Morgan fingerprint density at radius 3 is 2.63 bits per heavy atom. The third kappa shape index (κ3) is 4.53. The standard InChI is InChI=1S/C24H28N4O2/c1-16(2)14-28-15-18(13-22(28)29)24(30)27-21(12-17-8-4-3-5-9-17)23-25-19-10-6-7-11-20(19)26-23/h3-11,16,18,21H,12-15H2,1-2H3,(H,25,26)(H,27,30)/t18-,21+/m1/s1. The number of rotatable bonds is 7. The highest BCUT2D eigenvalue weighted by molar-refractivity contribution is 5.89. The molecule has 1 aliphatic heterocycles. The zero-order valence-electron chi connectivity index (χ0n) is 17.5. The molecular weight excluding hydrogens is 376 g/mol. The molecule has 4 rings (SSSR count). The Kier molecular flexibility index (Phi) is 5.84. The van der Waals surface area contributed by atoms with Crippen LogP contribution in [0.4, 0.5) is 0 Å². The van der Waals surface area contributed by atoms with Crippen LogP contribution >= 0.6 is 0 Å². The second-order valence-electron chi connectivity index (χ2n) is 8.48. The van der Waals surface area contributed by atoms with Crippen molar-refractivity contribution in [2.75, 3.05) is 13.1 Å². The van der Waals surface area contributed by atoms with Gasteiger partial charge in [-0.15, -0.1) is 0 Å². The molecular formula is C24H28N4O2. The van der Waals surface area contributed by atoms with Crippen molar-refractivity contribution in [2.24, 2.45) is 11.8 Å². The third-order valence-electron chi connectivity index (χ3n) is 5.51. The maximum atomic E-state index is 13.1. The van der Waals surface area contributed by atoms with Gasteiger partial charge in [0.1, 0.15) is 5.82 Å². The molecule has 0 spiro atoms. The number of aromatic nitrogens is 2. The molecule has 0 bridgehead atoms. The SMILES string of the molecule is CC(C)CN1C[C@H](C(=O)N[C@@H](Cc2ccccc2)c2nc3ccccc3[nH]2)CC1=O. The minimum atomic E-state index is -0.320. The van der Waals surface area contributed by atoms with Gasteiger partial charge in [0.05, 0.1) is 23.0 Å². The van der Waals surface area contributed by atoms with Crippen LogP contribution in [0.5, 0.6) is 0 Å². The fourth-order valence-corrected chi connectivity index (χ4v) is 4.06. The van der Waals surface area contributed by atoms with Gasteiger partial charge in [-0.05, 0) is 30.0 Å². The van der Waals surface area contributed by atoms with E-state index in [2.05, 4.69) is 24.1 Å². The van der Waals surface area contributed by atoms with Crippen molar-refractivity contribution < 1.29 is 9.59 Å². The molecule has 1 aromatic heterocycles. The summed E-state index contributed by atoms with van der Waals surface area (Å²) in [6.07, 6.45) is 0.902. The molecule has 2 aromatic carbocycles.